The second-order valence-electron chi connectivity index (χ2n) is 5.64. The molecular weight excluding hydrogens is 238 g/mol. The Kier molecular flexibility index (Phi) is 4.70. The van der Waals surface area contributed by atoms with Crippen LogP contribution < -0.4 is 10.1 Å². The van der Waals surface area contributed by atoms with E-state index in [1.54, 1.807) is 6.07 Å². The third kappa shape index (κ3) is 3.41. The number of phenols is 1. The molecule has 0 spiro atoms. The Hall–Kier alpha value is -1.22. The number of ether oxygens (including phenoxy) is 1. The lowest BCUT2D eigenvalue weighted by molar-refractivity contribution is 0.317. The topological polar surface area (TPSA) is 41.5 Å². The molecule has 1 saturated carbocycles. The largest absolute Gasteiger partial charge is 0.504 e. The van der Waals surface area contributed by atoms with Crippen molar-refractivity contribution in [1.82, 2.24) is 5.32 Å². The van der Waals surface area contributed by atoms with Gasteiger partial charge in [-0.25, -0.2) is 0 Å². The average Bonchev–Trinajstić information content (AvgIpc) is 2.71. The second-order valence-corrected chi connectivity index (χ2v) is 5.64. The number of hydrogen-bond donors (Lipinski definition) is 2. The van der Waals surface area contributed by atoms with Crippen LogP contribution in [0.1, 0.15) is 39.2 Å². The van der Waals surface area contributed by atoms with Gasteiger partial charge in [0.05, 0.1) is 6.61 Å². The van der Waals surface area contributed by atoms with Crippen LogP contribution in [0.25, 0.3) is 0 Å². The molecule has 1 aromatic rings. The summed E-state index contributed by atoms with van der Waals surface area (Å²) in [5.74, 6) is 2.35. The zero-order valence-electron chi connectivity index (χ0n) is 12.1. The van der Waals surface area contributed by atoms with Crippen LogP contribution in [0.4, 0.5) is 0 Å². The zero-order valence-corrected chi connectivity index (χ0v) is 12.1. The molecule has 0 aromatic heterocycles. The number of phenolic OH excluding ortho intramolecular Hbond substituents is 1. The summed E-state index contributed by atoms with van der Waals surface area (Å²) in [6, 6.07) is 6.20. The van der Waals surface area contributed by atoms with Gasteiger partial charge in [-0.2, -0.15) is 0 Å². The minimum atomic E-state index is 0.216. The summed E-state index contributed by atoms with van der Waals surface area (Å²) in [6.45, 7) is 7.99. The Labute approximate surface area is 116 Å². The molecule has 0 amide bonds. The lowest BCUT2D eigenvalue weighted by Crippen LogP contribution is -2.31. The van der Waals surface area contributed by atoms with Crippen LogP contribution in [0.15, 0.2) is 18.2 Å². The van der Waals surface area contributed by atoms with Crippen molar-refractivity contribution in [3.05, 3.63) is 23.8 Å². The van der Waals surface area contributed by atoms with Gasteiger partial charge in [0.2, 0.25) is 0 Å². The van der Waals surface area contributed by atoms with E-state index < -0.39 is 0 Å². The molecule has 3 unspecified atom stereocenters. The summed E-state index contributed by atoms with van der Waals surface area (Å²) in [6.07, 6.45) is 2.58. The van der Waals surface area contributed by atoms with Gasteiger partial charge in [-0.05, 0) is 49.3 Å². The van der Waals surface area contributed by atoms with Gasteiger partial charge in [0.25, 0.3) is 0 Å². The number of aromatic hydroxyl groups is 1. The van der Waals surface area contributed by atoms with Crippen molar-refractivity contribution in [3.63, 3.8) is 0 Å². The van der Waals surface area contributed by atoms with Gasteiger partial charge in [-0.3, -0.25) is 0 Å². The van der Waals surface area contributed by atoms with Gasteiger partial charge in [0.15, 0.2) is 11.5 Å². The molecule has 106 valence electrons. The lowest BCUT2D eigenvalue weighted by atomic mass is 9.97. The van der Waals surface area contributed by atoms with Crippen molar-refractivity contribution in [3.8, 4) is 11.5 Å². The fourth-order valence-electron chi connectivity index (χ4n) is 2.84. The standard InChI is InChI=1S/C16H25NO2/c1-4-19-16-9-13(6-8-15(16)18)10-17-14-7-5-11(2)12(14)3/h6,8-9,11-12,14,17-18H,4-5,7,10H2,1-3H3. The first kappa shape index (κ1) is 14.2. The Morgan fingerprint density at radius 2 is 2.11 bits per heavy atom. The lowest BCUT2D eigenvalue weighted by Gasteiger charge is -2.20. The molecule has 0 radical (unpaired) electrons. The molecular formula is C16H25NO2. The molecule has 0 heterocycles. The summed E-state index contributed by atoms with van der Waals surface area (Å²) in [4.78, 5) is 0. The Bertz CT molecular complexity index is 419. The summed E-state index contributed by atoms with van der Waals surface area (Å²) in [5.41, 5.74) is 1.16. The molecule has 3 heteroatoms. The number of rotatable bonds is 5. The summed E-state index contributed by atoms with van der Waals surface area (Å²) < 4.78 is 5.41. The highest BCUT2D eigenvalue weighted by atomic mass is 16.5. The van der Waals surface area contributed by atoms with Gasteiger partial charge in [-0.1, -0.05) is 19.9 Å². The van der Waals surface area contributed by atoms with E-state index in [-0.39, 0.29) is 5.75 Å². The fraction of sp³-hybridized carbons (Fsp3) is 0.625. The van der Waals surface area contributed by atoms with E-state index in [4.69, 9.17) is 4.74 Å². The maximum atomic E-state index is 9.68. The molecule has 1 aromatic carbocycles. The molecule has 3 nitrogen and oxygen atoms in total. The molecule has 0 aliphatic heterocycles. The molecule has 19 heavy (non-hydrogen) atoms. The van der Waals surface area contributed by atoms with Gasteiger partial charge in [0, 0.05) is 12.6 Å². The highest BCUT2D eigenvalue weighted by Gasteiger charge is 2.28. The zero-order chi connectivity index (χ0) is 13.8. The fourth-order valence-corrected chi connectivity index (χ4v) is 2.84. The van der Waals surface area contributed by atoms with Crippen LogP contribution in [0.2, 0.25) is 0 Å². The van der Waals surface area contributed by atoms with E-state index >= 15 is 0 Å². The molecule has 1 aliphatic carbocycles. The molecule has 3 atom stereocenters. The minimum Gasteiger partial charge on any atom is -0.504 e. The van der Waals surface area contributed by atoms with E-state index in [1.807, 2.05) is 19.1 Å². The van der Waals surface area contributed by atoms with E-state index in [0.29, 0.717) is 18.4 Å². The van der Waals surface area contributed by atoms with Gasteiger partial charge >= 0.3 is 0 Å². The molecule has 0 saturated heterocycles. The van der Waals surface area contributed by atoms with Crippen molar-refractivity contribution in [2.45, 2.75) is 46.2 Å². The van der Waals surface area contributed by atoms with Crippen molar-refractivity contribution >= 4 is 0 Å². The Balaban J connectivity index is 1.94. The Morgan fingerprint density at radius 1 is 1.32 bits per heavy atom. The van der Waals surface area contributed by atoms with Crippen LogP contribution >= 0.6 is 0 Å². The summed E-state index contributed by atoms with van der Waals surface area (Å²) in [5, 5.41) is 13.3. The van der Waals surface area contributed by atoms with E-state index in [1.165, 1.54) is 12.8 Å². The van der Waals surface area contributed by atoms with E-state index in [2.05, 4.69) is 19.2 Å². The van der Waals surface area contributed by atoms with Crippen molar-refractivity contribution in [1.29, 1.82) is 0 Å². The Morgan fingerprint density at radius 3 is 2.74 bits per heavy atom. The van der Waals surface area contributed by atoms with Crippen LogP contribution in [-0.2, 0) is 6.54 Å². The number of nitrogens with one attached hydrogen (secondary N) is 1. The first-order valence-electron chi connectivity index (χ1n) is 7.30. The third-order valence-electron chi connectivity index (χ3n) is 4.36. The smallest absolute Gasteiger partial charge is 0.161 e. The summed E-state index contributed by atoms with van der Waals surface area (Å²) in [7, 11) is 0. The monoisotopic (exact) mass is 263 g/mol. The second kappa shape index (κ2) is 6.29. The molecule has 2 rings (SSSR count). The maximum Gasteiger partial charge on any atom is 0.161 e. The molecule has 1 fully saturated rings. The number of benzene rings is 1. The van der Waals surface area contributed by atoms with Crippen LogP contribution in [0.3, 0.4) is 0 Å². The highest BCUT2D eigenvalue weighted by Crippen LogP contribution is 2.32. The van der Waals surface area contributed by atoms with Gasteiger partial charge in [0.1, 0.15) is 0 Å². The third-order valence-corrected chi connectivity index (χ3v) is 4.36. The van der Waals surface area contributed by atoms with Gasteiger partial charge in [-0.15, -0.1) is 0 Å². The molecule has 0 bridgehead atoms. The summed E-state index contributed by atoms with van der Waals surface area (Å²) >= 11 is 0. The van der Waals surface area contributed by atoms with Crippen LogP contribution in [-0.4, -0.2) is 17.8 Å². The molecule has 2 N–H and O–H groups in total. The number of hydrogen-bond acceptors (Lipinski definition) is 3. The van der Waals surface area contributed by atoms with Crippen LogP contribution in [0.5, 0.6) is 11.5 Å². The highest BCUT2D eigenvalue weighted by molar-refractivity contribution is 5.41. The van der Waals surface area contributed by atoms with Crippen molar-refractivity contribution < 1.29 is 9.84 Å². The normalized spacial score (nSPS) is 26.6. The predicted octanol–water partition coefficient (Wildman–Crippen LogP) is 3.32. The molecule has 1 aliphatic rings. The minimum absolute atomic E-state index is 0.216. The average molecular weight is 263 g/mol. The van der Waals surface area contributed by atoms with Crippen molar-refractivity contribution in [2.75, 3.05) is 6.61 Å². The van der Waals surface area contributed by atoms with Crippen LogP contribution in [0, 0.1) is 11.8 Å². The predicted molar refractivity (Wildman–Crippen MR) is 77.5 cm³/mol. The maximum absolute atomic E-state index is 9.68. The first-order chi connectivity index (χ1) is 9.11. The van der Waals surface area contributed by atoms with E-state index in [9.17, 15) is 5.11 Å². The van der Waals surface area contributed by atoms with E-state index in [0.717, 1.165) is 23.9 Å². The quantitative estimate of drug-likeness (QED) is 0.856. The SMILES string of the molecule is CCOc1cc(CNC2CCC(C)C2C)ccc1O. The van der Waals surface area contributed by atoms with Crippen molar-refractivity contribution in [2.24, 2.45) is 11.8 Å². The first-order valence-corrected chi connectivity index (χ1v) is 7.30. The van der Waals surface area contributed by atoms with Gasteiger partial charge < -0.3 is 15.2 Å².